The second-order valence-electron chi connectivity index (χ2n) is 28.8. The van der Waals surface area contributed by atoms with Gasteiger partial charge in [0.2, 0.25) is 0 Å². The molecule has 13 heteroatoms. The zero-order valence-electron chi connectivity index (χ0n) is 60.7. The van der Waals surface area contributed by atoms with Gasteiger partial charge in [-0.3, -0.25) is 4.70 Å². The van der Waals surface area contributed by atoms with Gasteiger partial charge in [-0.05, 0) is 177 Å². The molecule has 4 saturated carbocycles. The van der Waals surface area contributed by atoms with E-state index >= 15 is 0 Å². The van der Waals surface area contributed by atoms with Gasteiger partial charge in [-0.1, -0.05) is 262 Å². The average Bonchev–Trinajstić information content (AvgIpc) is 2.08. The van der Waals surface area contributed by atoms with E-state index in [9.17, 15) is 0 Å². The Labute approximate surface area is 620 Å². The average molecular weight is 1650 g/mol. The summed E-state index contributed by atoms with van der Waals surface area (Å²) in [6.45, 7) is 41.1. The first-order valence-corrected chi connectivity index (χ1v) is 61.4. The van der Waals surface area contributed by atoms with Crippen molar-refractivity contribution in [3.8, 4) is 0 Å². The Kier molecular flexibility index (Phi) is 47.5. The predicted octanol–water partition coefficient (Wildman–Crippen LogP) is 27.9. The fourth-order valence-electron chi connectivity index (χ4n) is 21.5. The number of allylic oxidation sites excluding steroid dienone is 16. The van der Waals surface area contributed by atoms with Crippen molar-refractivity contribution in [2.45, 2.75) is 206 Å². The van der Waals surface area contributed by atoms with Gasteiger partial charge in [0.1, 0.15) is 0 Å². The van der Waals surface area contributed by atoms with Gasteiger partial charge in [-0.25, -0.2) is 0 Å². The molecule has 23 unspecified atom stereocenters. The molecule has 0 aliphatic heterocycles. The van der Waals surface area contributed by atoms with E-state index in [1.54, 1.807) is 11.1 Å². The molecule has 0 bridgehead atoms. The second kappa shape index (κ2) is 44.4. The van der Waals surface area contributed by atoms with Gasteiger partial charge in [-0.15, -0.1) is 0 Å². The van der Waals surface area contributed by atoms with Crippen LogP contribution in [0, 0.1) is 145 Å². The monoisotopic (exact) mass is 1640 g/mol. The van der Waals surface area contributed by atoms with Crippen LogP contribution < -0.4 is 0 Å². The fraction of sp³-hybridized carbons (Fsp3) is 0.636. The van der Waals surface area contributed by atoms with Gasteiger partial charge >= 0.3 is 114 Å². The molecule has 9 aliphatic rings. The number of hydrogen-bond acceptors (Lipinski definition) is 0. The van der Waals surface area contributed by atoms with E-state index in [1.165, 1.54) is 64.2 Å². The summed E-state index contributed by atoms with van der Waals surface area (Å²) >= 11 is -4.12. The molecule has 0 saturated heterocycles. The molecule has 10 rings (SSSR count). The van der Waals surface area contributed by atoms with Crippen LogP contribution in [-0.2, 0) is 62.5 Å². The van der Waals surface area contributed by atoms with Crippen molar-refractivity contribution in [3.05, 3.63) is 177 Å². The quantitative estimate of drug-likeness (QED) is 0.121. The topological polar surface area (TPSA) is 0 Å². The summed E-state index contributed by atoms with van der Waals surface area (Å²) in [5.74, 6) is 15.2. The zero-order chi connectivity index (χ0) is 60.4. The van der Waals surface area contributed by atoms with Gasteiger partial charge in [0.25, 0.3) is 0 Å². The van der Waals surface area contributed by atoms with Crippen LogP contribution in [0.4, 0.5) is 4.70 Å². The molecule has 0 spiro atoms. The molecule has 90 heavy (non-hydrogen) atoms. The molecule has 0 heterocycles. The largest absolute Gasteiger partial charge is 4.00 e. The van der Waals surface area contributed by atoms with E-state index < -0.39 is 61.3 Å². The Morgan fingerprint density at radius 3 is 0.822 bits per heavy atom. The minimum Gasteiger partial charge on any atom is 4.00 e. The molecule has 0 amide bonds. The summed E-state index contributed by atoms with van der Waals surface area (Å²) < 4.78 is 0. The Hall–Kier alpha value is 2.11. The van der Waals surface area contributed by atoms with Crippen molar-refractivity contribution < 1.29 is 67.2 Å². The molecule has 9 aliphatic carbocycles. The molecule has 4 fully saturated rings. The molecular weight excluding hydrogens is 1510 g/mol. The van der Waals surface area contributed by atoms with E-state index in [1.807, 2.05) is 0 Å². The van der Waals surface area contributed by atoms with Crippen molar-refractivity contribution in [3.63, 3.8) is 0 Å². The Morgan fingerprint density at radius 1 is 0.400 bits per heavy atom. The maximum Gasteiger partial charge on any atom is 4.00 e. The third-order valence-electron chi connectivity index (χ3n) is 23.7. The molecule has 0 nitrogen and oxygen atoms in total. The summed E-state index contributed by atoms with van der Waals surface area (Å²) in [5, 5.41) is 0. The molecule has 0 N–H and O–H groups in total. The van der Waals surface area contributed by atoms with Crippen molar-refractivity contribution in [1.29, 1.82) is 0 Å². The fourth-order valence-corrected chi connectivity index (χ4v) is 36.6. The summed E-state index contributed by atoms with van der Waals surface area (Å²) in [7, 11) is 26.4. The van der Waals surface area contributed by atoms with Crippen LogP contribution in [0.5, 0.6) is 0 Å². The van der Waals surface area contributed by atoms with Crippen LogP contribution in [0.15, 0.2) is 121 Å². The van der Waals surface area contributed by atoms with E-state index in [0.29, 0.717) is 0 Å². The molecule has 23 atom stereocenters. The number of hydrogen-bond donors (Lipinski definition) is 0. The number of benzene rings is 1. The first-order chi connectivity index (χ1) is 38.9. The zero-order valence-corrected chi connectivity index (χ0v) is 75.7. The molecule has 512 valence electrons. The smallest absolute Gasteiger partial charge is 4.00 e. The standard InChI is InChI=1S/2C28H44Si.C15H24Si.6CH3.6ClH.FH.3Zr/c2*1-7-13-21-19(3)27(25-17-11-9-15-23(21)25)29(5,6)28-20(4)22(14-8-2)24-16-10-12-18-26(24)28;1-5-8-12-11(2)15(16(3)4)14-10-7-6-9-13(12)14;;;;;;;;;;;;;;;;/h2*9-12,15-28H,7-8,13-14H2,1-6H3;6-7,9-12,15-16H,5,8H2,1-4H3;6*1H3;7*1H;;;/q;;;6*-1;;;;;;;;3*+4/p-6. The summed E-state index contributed by atoms with van der Waals surface area (Å²) in [6.07, 6.45) is 53.3. The first kappa shape index (κ1) is 96.3. The van der Waals surface area contributed by atoms with Crippen LogP contribution in [0.2, 0.25) is 61.4 Å². The third-order valence-corrected chi connectivity index (χ3v) is 36.6. The molecular formula is C77H131Cl6FSi3Zr3. The summed E-state index contributed by atoms with van der Waals surface area (Å²) in [6, 6.07) is 9.21. The van der Waals surface area contributed by atoms with Gasteiger partial charge in [0.05, 0.1) is 16.1 Å². The summed E-state index contributed by atoms with van der Waals surface area (Å²) in [4.78, 5) is 0. The van der Waals surface area contributed by atoms with Crippen molar-refractivity contribution in [2.24, 2.45) is 101 Å². The van der Waals surface area contributed by atoms with E-state index in [4.69, 9.17) is 51.1 Å². The Balaban J connectivity index is -0.00000117. The van der Waals surface area contributed by atoms with Crippen molar-refractivity contribution in [1.82, 2.24) is 0 Å². The summed E-state index contributed by atoms with van der Waals surface area (Å²) in [5.41, 5.74) is 7.98. The number of fused-ring (bicyclic) bond motifs is 5. The van der Waals surface area contributed by atoms with Crippen molar-refractivity contribution in [2.75, 3.05) is 0 Å². The predicted molar refractivity (Wildman–Crippen MR) is 412 cm³/mol. The number of rotatable bonds is 15. The number of halogens is 7. The van der Waals surface area contributed by atoms with Gasteiger partial charge < -0.3 is 44.6 Å². The van der Waals surface area contributed by atoms with Gasteiger partial charge in [0.15, 0.2) is 0 Å². The molecule has 0 radical (unpaired) electrons. The molecule has 0 aromatic heterocycles. The van der Waals surface area contributed by atoms with Gasteiger partial charge in [-0.2, -0.15) is 0 Å². The van der Waals surface area contributed by atoms with Crippen LogP contribution in [0.25, 0.3) is 0 Å². The third kappa shape index (κ3) is 22.1. The van der Waals surface area contributed by atoms with Crippen LogP contribution in [0.1, 0.15) is 156 Å². The van der Waals surface area contributed by atoms with Gasteiger partial charge in [0, 0.05) is 8.80 Å². The minimum absolute atomic E-state index is 0. The van der Waals surface area contributed by atoms with Crippen LogP contribution in [0.3, 0.4) is 0 Å². The molecule has 1 aromatic rings. The maximum absolute atomic E-state index is 5.04. The second-order valence-corrected chi connectivity index (χ2v) is 68.1. The van der Waals surface area contributed by atoms with Crippen LogP contribution in [-0.4, -0.2) is 24.9 Å². The van der Waals surface area contributed by atoms with E-state index in [2.05, 4.69) is 230 Å². The van der Waals surface area contributed by atoms with Crippen molar-refractivity contribution >= 4 is 76.0 Å². The Bertz CT molecular complexity index is 2160. The first-order valence-electron chi connectivity index (χ1n) is 33.1. The molecule has 1 aromatic carbocycles. The maximum atomic E-state index is 5.04. The minimum atomic E-state index is -3.29. The normalized spacial score (nSPS) is 35.2. The Morgan fingerprint density at radius 2 is 0.611 bits per heavy atom. The van der Waals surface area contributed by atoms with E-state index in [0.717, 1.165) is 134 Å². The van der Waals surface area contributed by atoms with E-state index in [-0.39, 0.29) is 75.5 Å². The van der Waals surface area contributed by atoms with Crippen LogP contribution >= 0.6 is 51.1 Å². The SMILES string of the molecule is CCCC1C(C)C([Si](C)(C)C2C(C)C(CCC)C3C=CC=CC32)C2C=CC=CC21.CCCC1C(C)C([Si](C)(C)C2C(C)C(CCC)C3C=CC=CC32)C2C=CC=CC21.CCCC1c2ccccc2C([SiH](C)C)C1C.F.[CH3-].[CH3-].[CH3-].[CH3-].[CH3-].[CH3-].[Cl][Zr+2][Cl].[Cl][Zr]([Cl])([Cl])[Cl].[Zr+4].